The molecule has 25 heavy (non-hydrogen) atoms. The van der Waals surface area contributed by atoms with E-state index in [0.717, 1.165) is 15.8 Å². The molecule has 0 aliphatic heterocycles. The number of imidazole rings is 1. The van der Waals surface area contributed by atoms with Crippen LogP contribution in [0.2, 0.25) is 0 Å². The molecule has 126 valence electrons. The fraction of sp³-hybridized carbons (Fsp3) is 0.125. The molecule has 0 amide bonds. The standard InChI is InChI=1S/C16H12F2N6S/c1-23-11(10-5-3-2-4-6-10)9-19-16(23)25-13-8-7-12-20-21-15(14(17)18)24(12)22-13/h2-9,14H,1H3. The Labute approximate surface area is 145 Å². The van der Waals surface area contributed by atoms with E-state index in [9.17, 15) is 8.78 Å². The van der Waals surface area contributed by atoms with Gasteiger partial charge in [0.2, 0.25) is 5.82 Å². The highest BCUT2D eigenvalue weighted by molar-refractivity contribution is 7.99. The van der Waals surface area contributed by atoms with Gasteiger partial charge < -0.3 is 4.57 Å². The van der Waals surface area contributed by atoms with E-state index in [0.29, 0.717) is 10.2 Å². The van der Waals surface area contributed by atoms with Gasteiger partial charge in [0.05, 0.1) is 11.9 Å². The van der Waals surface area contributed by atoms with Crippen molar-refractivity contribution in [3.8, 4) is 11.3 Å². The lowest BCUT2D eigenvalue weighted by Gasteiger charge is -2.06. The molecule has 0 bridgehead atoms. The maximum absolute atomic E-state index is 13.0. The Morgan fingerprint density at radius 3 is 2.60 bits per heavy atom. The molecule has 3 aromatic heterocycles. The Bertz CT molecular complexity index is 1030. The minimum absolute atomic E-state index is 0.282. The topological polar surface area (TPSA) is 60.9 Å². The van der Waals surface area contributed by atoms with Crippen LogP contribution in [0.1, 0.15) is 12.2 Å². The van der Waals surface area contributed by atoms with Crippen LogP contribution in [0.4, 0.5) is 8.78 Å². The van der Waals surface area contributed by atoms with Crippen molar-refractivity contribution in [2.45, 2.75) is 16.6 Å². The van der Waals surface area contributed by atoms with Crippen molar-refractivity contribution in [1.82, 2.24) is 29.4 Å². The van der Waals surface area contributed by atoms with Crippen LogP contribution in [0, 0.1) is 0 Å². The SMILES string of the molecule is Cn1c(-c2ccccc2)cnc1Sc1ccc2nnc(C(F)F)n2n1. The summed E-state index contributed by atoms with van der Waals surface area (Å²) in [6.07, 6.45) is -0.958. The Morgan fingerprint density at radius 2 is 1.84 bits per heavy atom. The summed E-state index contributed by atoms with van der Waals surface area (Å²) in [6, 6.07) is 13.2. The van der Waals surface area contributed by atoms with Gasteiger partial charge in [0, 0.05) is 7.05 Å². The summed E-state index contributed by atoms with van der Waals surface area (Å²) in [7, 11) is 1.90. The number of nitrogens with zero attached hydrogens (tertiary/aromatic N) is 6. The van der Waals surface area contributed by atoms with Gasteiger partial charge in [-0.15, -0.1) is 10.2 Å². The van der Waals surface area contributed by atoms with E-state index in [4.69, 9.17) is 0 Å². The maximum Gasteiger partial charge on any atom is 0.299 e. The normalized spacial score (nSPS) is 11.5. The third-order valence-electron chi connectivity index (χ3n) is 3.67. The summed E-state index contributed by atoms with van der Waals surface area (Å²) in [6.45, 7) is 0. The van der Waals surface area contributed by atoms with Gasteiger partial charge in [-0.3, -0.25) is 0 Å². The van der Waals surface area contributed by atoms with Crippen LogP contribution in [0.3, 0.4) is 0 Å². The second-order valence-corrected chi connectivity index (χ2v) is 6.24. The summed E-state index contributed by atoms with van der Waals surface area (Å²) >= 11 is 1.29. The first-order valence-electron chi connectivity index (χ1n) is 7.39. The number of halogens is 2. The molecule has 0 fully saturated rings. The lowest BCUT2D eigenvalue weighted by Crippen LogP contribution is -2.01. The molecule has 0 N–H and O–H groups in total. The molecule has 0 unspecified atom stereocenters. The van der Waals surface area contributed by atoms with Gasteiger partial charge in [0.25, 0.3) is 6.43 Å². The first-order chi connectivity index (χ1) is 12.1. The molecule has 6 nitrogen and oxygen atoms in total. The van der Waals surface area contributed by atoms with E-state index < -0.39 is 12.2 Å². The first-order valence-corrected chi connectivity index (χ1v) is 8.20. The van der Waals surface area contributed by atoms with Crippen LogP contribution in [0.15, 0.2) is 58.8 Å². The molecule has 0 saturated carbocycles. The van der Waals surface area contributed by atoms with Gasteiger partial charge in [0.15, 0.2) is 10.8 Å². The molecule has 0 radical (unpaired) electrons. The molecule has 9 heteroatoms. The third-order valence-corrected chi connectivity index (χ3v) is 4.66. The summed E-state index contributed by atoms with van der Waals surface area (Å²) in [5, 5.41) is 12.6. The number of hydrogen-bond acceptors (Lipinski definition) is 5. The second kappa shape index (κ2) is 6.25. The van der Waals surface area contributed by atoms with E-state index in [1.807, 2.05) is 41.9 Å². The molecule has 4 aromatic rings. The van der Waals surface area contributed by atoms with E-state index in [-0.39, 0.29) is 5.65 Å². The number of fused-ring (bicyclic) bond motifs is 1. The lowest BCUT2D eigenvalue weighted by molar-refractivity contribution is 0.137. The second-order valence-electron chi connectivity index (χ2n) is 5.25. The number of benzene rings is 1. The quantitative estimate of drug-likeness (QED) is 0.558. The van der Waals surface area contributed by atoms with Gasteiger partial charge in [-0.25, -0.2) is 13.8 Å². The van der Waals surface area contributed by atoms with Crippen LogP contribution in [0.25, 0.3) is 16.9 Å². The summed E-state index contributed by atoms with van der Waals surface area (Å²) in [4.78, 5) is 4.41. The molecule has 0 aliphatic rings. The van der Waals surface area contributed by atoms with Gasteiger partial charge >= 0.3 is 0 Å². The van der Waals surface area contributed by atoms with E-state index in [2.05, 4.69) is 20.3 Å². The third kappa shape index (κ3) is 2.86. The average molecular weight is 358 g/mol. The minimum Gasteiger partial charge on any atom is -0.322 e. The van der Waals surface area contributed by atoms with Crippen molar-refractivity contribution < 1.29 is 8.78 Å². The van der Waals surface area contributed by atoms with Crippen molar-refractivity contribution in [3.05, 3.63) is 54.5 Å². The average Bonchev–Trinajstić information content (AvgIpc) is 3.20. The Morgan fingerprint density at radius 1 is 1.04 bits per heavy atom. The first kappa shape index (κ1) is 15.7. The highest BCUT2D eigenvalue weighted by atomic mass is 32.2. The van der Waals surface area contributed by atoms with Crippen molar-refractivity contribution in [3.63, 3.8) is 0 Å². The monoisotopic (exact) mass is 358 g/mol. The van der Waals surface area contributed by atoms with Gasteiger partial charge in [-0.2, -0.15) is 9.61 Å². The largest absolute Gasteiger partial charge is 0.322 e. The van der Waals surface area contributed by atoms with Gasteiger partial charge in [-0.05, 0) is 29.5 Å². The fourth-order valence-electron chi connectivity index (χ4n) is 2.44. The molecular formula is C16H12F2N6S. The predicted octanol–water partition coefficient (Wildman–Crippen LogP) is 3.61. The minimum atomic E-state index is -2.74. The highest BCUT2D eigenvalue weighted by Crippen LogP contribution is 2.29. The van der Waals surface area contributed by atoms with Crippen molar-refractivity contribution in [2.75, 3.05) is 0 Å². The van der Waals surface area contributed by atoms with Crippen LogP contribution in [-0.4, -0.2) is 29.4 Å². The molecule has 0 atom stereocenters. The van der Waals surface area contributed by atoms with Crippen LogP contribution in [0.5, 0.6) is 0 Å². The van der Waals surface area contributed by atoms with Gasteiger partial charge in [0.1, 0.15) is 5.03 Å². The zero-order valence-corrected chi connectivity index (χ0v) is 13.9. The summed E-state index contributed by atoms with van der Waals surface area (Å²) in [5.41, 5.74) is 2.29. The smallest absolute Gasteiger partial charge is 0.299 e. The molecule has 0 saturated heterocycles. The Hall–Kier alpha value is -2.81. The zero-order chi connectivity index (χ0) is 17.4. The summed E-state index contributed by atoms with van der Waals surface area (Å²) < 4.78 is 28.9. The van der Waals surface area contributed by atoms with Crippen LogP contribution >= 0.6 is 11.8 Å². The van der Waals surface area contributed by atoms with Gasteiger partial charge in [-0.1, -0.05) is 30.3 Å². The molecule has 4 rings (SSSR count). The van der Waals surface area contributed by atoms with Crippen LogP contribution in [-0.2, 0) is 7.05 Å². The maximum atomic E-state index is 13.0. The summed E-state index contributed by atoms with van der Waals surface area (Å²) in [5.74, 6) is -0.470. The Balaban J connectivity index is 1.68. The van der Waals surface area contributed by atoms with E-state index in [1.54, 1.807) is 18.3 Å². The number of alkyl halides is 2. The lowest BCUT2D eigenvalue weighted by atomic mass is 10.2. The number of hydrogen-bond donors (Lipinski definition) is 0. The zero-order valence-electron chi connectivity index (χ0n) is 13.0. The van der Waals surface area contributed by atoms with Crippen molar-refractivity contribution >= 4 is 17.4 Å². The molecular weight excluding hydrogens is 346 g/mol. The highest BCUT2D eigenvalue weighted by Gasteiger charge is 2.18. The fourth-order valence-corrected chi connectivity index (χ4v) is 3.22. The van der Waals surface area contributed by atoms with E-state index >= 15 is 0 Å². The Kier molecular flexibility index (Phi) is 3.92. The van der Waals surface area contributed by atoms with Crippen molar-refractivity contribution in [2.24, 2.45) is 7.05 Å². The van der Waals surface area contributed by atoms with Crippen LogP contribution < -0.4 is 0 Å². The molecule has 0 spiro atoms. The number of rotatable bonds is 4. The molecule has 1 aromatic carbocycles. The molecule has 3 heterocycles. The molecule has 0 aliphatic carbocycles. The van der Waals surface area contributed by atoms with Crippen molar-refractivity contribution in [1.29, 1.82) is 0 Å². The predicted molar refractivity (Wildman–Crippen MR) is 88.5 cm³/mol. The van der Waals surface area contributed by atoms with E-state index in [1.165, 1.54) is 11.8 Å². The number of aromatic nitrogens is 6.